The molecule has 1 aliphatic rings. The zero-order valence-electron chi connectivity index (χ0n) is 8.62. The molecule has 0 aromatic heterocycles. The van der Waals surface area contributed by atoms with Gasteiger partial charge in [0.05, 0.1) is 13.2 Å². The van der Waals surface area contributed by atoms with Gasteiger partial charge in [-0.1, -0.05) is 6.42 Å². The minimum absolute atomic E-state index is 0.0540. The fourth-order valence-corrected chi connectivity index (χ4v) is 1.46. The molecular formula is C9H17N3O3. The fraction of sp³-hybridized carbons (Fsp3) is 0.778. The lowest BCUT2D eigenvalue weighted by molar-refractivity contribution is -0.134. The average Bonchev–Trinajstić information content (AvgIpc) is 2.28. The van der Waals surface area contributed by atoms with E-state index < -0.39 is 0 Å². The molecule has 1 rings (SSSR count). The summed E-state index contributed by atoms with van der Waals surface area (Å²) >= 11 is 0. The van der Waals surface area contributed by atoms with Crippen molar-refractivity contribution in [2.45, 2.75) is 25.3 Å². The molecule has 0 bridgehead atoms. The van der Waals surface area contributed by atoms with Crippen LogP contribution in [0.2, 0.25) is 0 Å². The minimum atomic E-state index is -0.349. The predicted molar refractivity (Wildman–Crippen MR) is 53.8 cm³/mol. The Balaban J connectivity index is 1.99. The van der Waals surface area contributed by atoms with Crippen LogP contribution in [0.15, 0.2) is 0 Å². The van der Waals surface area contributed by atoms with E-state index in [2.05, 4.69) is 16.1 Å². The summed E-state index contributed by atoms with van der Waals surface area (Å²) in [4.78, 5) is 25.9. The summed E-state index contributed by atoms with van der Waals surface area (Å²) in [6.45, 7) is 1.42. The van der Waals surface area contributed by atoms with Crippen LogP contribution in [0.1, 0.15) is 19.3 Å². The van der Waals surface area contributed by atoms with Crippen LogP contribution < -0.4 is 16.1 Å². The Labute approximate surface area is 88.7 Å². The van der Waals surface area contributed by atoms with Gasteiger partial charge in [-0.25, -0.2) is 5.48 Å². The molecule has 6 nitrogen and oxygen atoms in total. The van der Waals surface area contributed by atoms with E-state index >= 15 is 0 Å². The molecular weight excluding hydrogens is 198 g/mol. The number of carbonyl (C=O) groups is 2. The van der Waals surface area contributed by atoms with E-state index in [4.69, 9.17) is 4.84 Å². The second-order valence-corrected chi connectivity index (χ2v) is 3.48. The van der Waals surface area contributed by atoms with Crippen LogP contribution in [0, 0.1) is 0 Å². The Kier molecular flexibility index (Phi) is 5.72. The Hall–Kier alpha value is -1.14. The van der Waals surface area contributed by atoms with Gasteiger partial charge in [-0.2, -0.15) is 0 Å². The highest BCUT2D eigenvalue weighted by Gasteiger charge is 2.12. The number of nitrogens with one attached hydrogen (secondary N) is 3. The molecule has 1 aliphatic heterocycles. The molecule has 0 saturated carbocycles. The van der Waals surface area contributed by atoms with E-state index in [1.165, 1.54) is 12.8 Å². The SMILES string of the molecule is O=CNCC(=O)NOC[C@H]1CCCCN1. The van der Waals surface area contributed by atoms with E-state index in [1.54, 1.807) is 0 Å². The van der Waals surface area contributed by atoms with Crippen LogP contribution in [0.3, 0.4) is 0 Å². The third kappa shape index (κ3) is 5.34. The number of carbonyl (C=O) groups excluding carboxylic acids is 2. The van der Waals surface area contributed by atoms with Crippen molar-refractivity contribution >= 4 is 12.3 Å². The second kappa shape index (κ2) is 7.19. The highest BCUT2D eigenvalue weighted by molar-refractivity contribution is 5.78. The summed E-state index contributed by atoms with van der Waals surface area (Å²) in [5.74, 6) is -0.349. The van der Waals surface area contributed by atoms with E-state index in [9.17, 15) is 9.59 Å². The van der Waals surface area contributed by atoms with Crippen LogP contribution in [-0.2, 0) is 14.4 Å². The molecule has 15 heavy (non-hydrogen) atoms. The second-order valence-electron chi connectivity index (χ2n) is 3.48. The Morgan fingerprint density at radius 1 is 1.53 bits per heavy atom. The number of hydroxylamine groups is 1. The first kappa shape index (κ1) is 11.9. The lowest BCUT2D eigenvalue weighted by Crippen LogP contribution is -2.41. The molecule has 3 N–H and O–H groups in total. The van der Waals surface area contributed by atoms with Gasteiger partial charge in [-0.05, 0) is 19.4 Å². The van der Waals surface area contributed by atoms with Gasteiger partial charge in [0.15, 0.2) is 0 Å². The van der Waals surface area contributed by atoms with Crippen LogP contribution in [0.4, 0.5) is 0 Å². The van der Waals surface area contributed by atoms with Crippen LogP contribution in [0.25, 0.3) is 0 Å². The first-order chi connectivity index (χ1) is 7.33. The molecule has 1 heterocycles. The van der Waals surface area contributed by atoms with Gasteiger partial charge in [0, 0.05) is 6.04 Å². The summed E-state index contributed by atoms with van der Waals surface area (Å²) < 4.78 is 0. The summed E-state index contributed by atoms with van der Waals surface area (Å²) in [6, 6.07) is 0.318. The van der Waals surface area contributed by atoms with Crippen molar-refractivity contribution in [1.82, 2.24) is 16.1 Å². The van der Waals surface area contributed by atoms with Gasteiger partial charge >= 0.3 is 0 Å². The number of rotatable bonds is 6. The number of hydrogen-bond acceptors (Lipinski definition) is 4. The zero-order valence-corrected chi connectivity index (χ0v) is 8.62. The topological polar surface area (TPSA) is 79.5 Å². The fourth-order valence-electron chi connectivity index (χ4n) is 1.46. The average molecular weight is 215 g/mol. The number of hydrogen-bond donors (Lipinski definition) is 3. The molecule has 0 radical (unpaired) electrons. The lowest BCUT2D eigenvalue weighted by Gasteiger charge is -2.22. The van der Waals surface area contributed by atoms with Crippen molar-refractivity contribution in [3.05, 3.63) is 0 Å². The van der Waals surface area contributed by atoms with Crippen molar-refractivity contribution in [2.24, 2.45) is 0 Å². The van der Waals surface area contributed by atoms with Crippen molar-refractivity contribution in [3.63, 3.8) is 0 Å². The molecule has 6 heteroatoms. The first-order valence-corrected chi connectivity index (χ1v) is 5.14. The summed E-state index contributed by atoms with van der Waals surface area (Å²) in [5, 5.41) is 5.54. The maximum absolute atomic E-state index is 11.0. The summed E-state index contributed by atoms with van der Waals surface area (Å²) in [6.07, 6.45) is 3.94. The molecule has 0 aromatic carbocycles. The summed E-state index contributed by atoms with van der Waals surface area (Å²) in [7, 11) is 0. The zero-order chi connectivity index (χ0) is 10.9. The monoisotopic (exact) mass is 215 g/mol. The van der Waals surface area contributed by atoms with Gasteiger partial charge in [0.1, 0.15) is 0 Å². The van der Waals surface area contributed by atoms with E-state index in [1.807, 2.05) is 0 Å². The van der Waals surface area contributed by atoms with Crippen LogP contribution >= 0.6 is 0 Å². The largest absolute Gasteiger partial charge is 0.350 e. The highest BCUT2D eigenvalue weighted by Crippen LogP contribution is 2.06. The molecule has 0 unspecified atom stereocenters. The first-order valence-electron chi connectivity index (χ1n) is 5.14. The van der Waals surface area contributed by atoms with Crippen molar-refractivity contribution in [2.75, 3.05) is 19.7 Å². The Bertz CT molecular complexity index is 205. The normalized spacial score (nSPS) is 20.7. The maximum Gasteiger partial charge on any atom is 0.262 e. The van der Waals surface area contributed by atoms with Gasteiger partial charge in [-0.15, -0.1) is 0 Å². The summed E-state index contributed by atoms with van der Waals surface area (Å²) in [5.41, 5.74) is 2.26. The van der Waals surface area contributed by atoms with E-state index in [-0.39, 0.29) is 12.5 Å². The van der Waals surface area contributed by atoms with Crippen LogP contribution in [0.5, 0.6) is 0 Å². The molecule has 2 amide bonds. The molecule has 0 spiro atoms. The Morgan fingerprint density at radius 2 is 2.40 bits per heavy atom. The molecule has 0 aromatic rings. The van der Waals surface area contributed by atoms with E-state index in [0.717, 1.165) is 13.0 Å². The number of piperidine rings is 1. The van der Waals surface area contributed by atoms with Crippen molar-refractivity contribution in [1.29, 1.82) is 0 Å². The molecule has 86 valence electrons. The van der Waals surface area contributed by atoms with Gasteiger partial charge in [0.25, 0.3) is 5.91 Å². The molecule has 0 aliphatic carbocycles. The molecule has 1 fully saturated rings. The number of amides is 2. The van der Waals surface area contributed by atoms with E-state index in [0.29, 0.717) is 19.1 Å². The van der Waals surface area contributed by atoms with Crippen molar-refractivity contribution in [3.8, 4) is 0 Å². The smallest absolute Gasteiger partial charge is 0.262 e. The lowest BCUT2D eigenvalue weighted by atomic mass is 10.1. The van der Waals surface area contributed by atoms with Crippen molar-refractivity contribution < 1.29 is 14.4 Å². The molecule has 1 saturated heterocycles. The molecule has 1 atom stereocenters. The van der Waals surface area contributed by atoms with Crippen LogP contribution in [-0.4, -0.2) is 38.1 Å². The standard InChI is InChI=1S/C9H17N3O3/c13-7-10-5-9(14)12-15-6-8-3-1-2-4-11-8/h7-8,11H,1-6H2,(H,10,13)(H,12,14)/t8-/m1/s1. The predicted octanol–water partition coefficient (Wildman–Crippen LogP) is -1.08. The van der Waals surface area contributed by atoms with Gasteiger partial charge in [-0.3, -0.25) is 14.4 Å². The maximum atomic E-state index is 11.0. The quantitative estimate of drug-likeness (QED) is 0.389. The highest BCUT2D eigenvalue weighted by atomic mass is 16.7. The van der Waals surface area contributed by atoms with Gasteiger partial charge < -0.3 is 10.6 Å². The third-order valence-corrected chi connectivity index (χ3v) is 2.23. The minimum Gasteiger partial charge on any atom is -0.350 e. The third-order valence-electron chi connectivity index (χ3n) is 2.23. The Morgan fingerprint density at radius 3 is 3.07 bits per heavy atom. The van der Waals surface area contributed by atoms with Gasteiger partial charge in [0.2, 0.25) is 6.41 Å².